The van der Waals surface area contributed by atoms with Gasteiger partial charge < -0.3 is 15.7 Å². The summed E-state index contributed by atoms with van der Waals surface area (Å²) >= 11 is 0. The fourth-order valence-electron chi connectivity index (χ4n) is 2.70. The molecule has 2 rings (SSSR count). The standard InChI is InChI=1S/C17H27N3O.HI/c1-5-18-15(20-16(2,3)4)19-12-17(21)11-10-13-8-6-7-9-14(13)17;/h6-9,21H,5,10-12H2,1-4H3,(H2,18,19,20);1H. The normalized spacial score (nSPS) is 21.0. The van der Waals surface area contributed by atoms with E-state index in [1.807, 2.05) is 25.1 Å². The number of guanidine groups is 1. The third kappa shape index (κ3) is 4.84. The van der Waals surface area contributed by atoms with Crippen molar-refractivity contribution in [2.24, 2.45) is 4.99 Å². The second kappa shape index (κ2) is 7.64. The largest absolute Gasteiger partial charge is 0.383 e. The van der Waals surface area contributed by atoms with E-state index in [0.29, 0.717) is 6.54 Å². The van der Waals surface area contributed by atoms with Crippen LogP contribution in [0.25, 0.3) is 0 Å². The van der Waals surface area contributed by atoms with E-state index in [4.69, 9.17) is 0 Å². The summed E-state index contributed by atoms with van der Waals surface area (Å²) in [6.07, 6.45) is 1.66. The molecular formula is C17H28IN3O. The minimum Gasteiger partial charge on any atom is -0.383 e. The molecule has 1 aliphatic rings. The van der Waals surface area contributed by atoms with Crippen LogP contribution in [0.4, 0.5) is 0 Å². The van der Waals surface area contributed by atoms with Crippen LogP contribution in [-0.4, -0.2) is 29.7 Å². The van der Waals surface area contributed by atoms with Crippen LogP contribution < -0.4 is 10.6 Å². The van der Waals surface area contributed by atoms with Crippen molar-refractivity contribution in [3.05, 3.63) is 35.4 Å². The molecule has 1 aromatic rings. The van der Waals surface area contributed by atoms with Gasteiger partial charge in [-0.05, 0) is 51.7 Å². The number of fused-ring (bicyclic) bond motifs is 1. The molecule has 5 heteroatoms. The van der Waals surface area contributed by atoms with Crippen LogP contribution in [0.1, 0.15) is 45.2 Å². The van der Waals surface area contributed by atoms with Crippen LogP contribution in [0, 0.1) is 0 Å². The van der Waals surface area contributed by atoms with E-state index in [2.05, 4.69) is 42.5 Å². The number of nitrogens with zero attached hydrogens (tertiary/aromatic N) is 1. The molecule has 1 aromatic carbocycles. The summed E-state index contributed by atoms with van der Waals surface area (Å²) in [5, 5.41) is 17.5. The number of aryl methyl sites for hydroxylation is 1. The van der Waals surface area contributed by atoms with Crippen molar-refractivity contribution in [3.8, 4) is 0 Å². The molecule has 1 unspecified atom stereocenters. The Morgan fingerprint density at radius 2 is 2.00 bits per heavy atom. The Bertz CT molecular complexity index is 525. The lowest BCUT2D eigenvalue weighted by Crippen LogP contribution is -2.48. The Labute approximate surface area is 150 Å². The first-order chi connectivity index (χ1) is 9.84. The monoisotopic (exact) mass is 417 g/mol. The van der Waals surface area contributed by atoms with E-state index in [1.54, 1.807) is 0 Å². The zero-order valence-corrected chi connectivity index (χ0v) is 16.3. The molecule has 0 amide bonds. The number of aliphatic imine (C=N–C) groups is 1. The van der Waals surface area contributed by atoms with Crippen molar-refractivity contribution in [1.82, 2.24) is 10.6 Å². The number of rotatable bonds is 3. The quantitative estimate of drug-likeness (QED) is 0.403. The topological polar surface area (TPSA) is 56.7 Å². The smallest absolute Gasteiger partial charge is 0.191 e. The molecule has 22 heavy (non-hydrogen) atoms. The molecule has 1 atom stereocenters. The van der Waals surface area contributed by atoms with Crippen LogP contribution >= 0.6 is 24.0 Å². The summed E-state index contributed by atoms with van der Waals surface area (Å²) in [6.45, 7) is 9.52. The Morgan fingerprint density at radius 1 is 1.32 bits per heavy atom. The van der Waals surface area contributed by atoms with E-state index < -0.39 is 5.60 Å². The summed E-state index contributed by atoms with van der Waals surface area (Å²) in [6, 6.07) is 8.12. The molecule has 0 bridgehead atoms. The van der Waals surface area contributed by atoms with Gasteiger partial charge in [-0.1, -0.05) is 24.3 Å². The SMILES string of the molecule is CCNC(=NCC1(O)CCc2ccccc21)NC(C)(C)C.I. The van der Waals surface area contributed by atoms with E-state index in [-0.39, 0.29) is 29.5 Å². The number of hydrogen-bond acceptors (Lipinski definition) is 2. The maximum atomic E-state index is 10.9. The average molecular weight is 417 g/mol. The first kappa shape index (κ1) is 19.2. The number of aliphatic hydroxyl groups is 1. The lowest BCUT2D eigenvalue weighted by Gasteiger charge is -2.26. The Balaban J connectivity index is 0.00000242. The van der Waals surface area contributed by atoms with Crippen LogP contribution in [0.3, 0.4) is 0 Å². The molecule has 124 valence electrons. The highest BCUT2D eigenvalue weighted by atomic mass is 127. The predicted octanol–water partition coefficient (Wildman–Crippen LogP) is 2.79. The molecule has 0 spiro atoms. The van der Waals surface area contributed by atoms with Gasteiger partial charge in [0.25, 0.3) is 0 Å². The van der Waals surface area contributed by atoms with E-state index in [0.717, 1.165) is 30.9 Å². The second-order valence-electron chi connectivity index (χ2n) is 6.76. The first-order valence-electron chi connectivity index (χ1n) is 7.71. The molecule has 3 N–H and O–H groups in total. The Hall–Kier alpha value is -0.820. The van der Waals surface area contributed by atoms with E-state index in [1.165, 1.54) is 5.56 Å². The molecule has 0 aliphatic heterocycles. The summed E-state index contributed by atoms with van der Waals surface area (Å²) in [4.78, 5) is 4.60. The second-order valence-corrected chi connectivity index (χ2v) is 6.76. The lowest BCUT2D eigenvalue weighted by atomic mass is 9.96. The molecule has 0 radical (unpaired) electrons. The van der Waals surface area contributed by atoms with Crippen LogP contribution in [0.2, 0.25) is 0 Å². The van der Waals surface area contributed by atoms with Crippen LogP contribution in [0.5, 0.6) is 0 Å². The van der Waals surface area contributed by atoms with Gasteiger partial charge in [0.2, 0.25) is 0 Å². The molecule has 1 aliphatic carbocycles. The molecule has 0 fully saturated rings. The number of benzene rings is 1. The first-order valence-corrected chi connectivity index (χ1v) is 7.71. The van der Waals surface area contributed by atoms with Crippen LogP contribution in [-0.2, 0) is 12.0 Å². The summed E-state index contributed by atoms with van der Waals surface area (Å²) < 4.78 is 0. The molecular weight excluding hydrogens is 389 g/mol. The highest BCUT2D eigenvalue weighted by molar-refractivity contribution is 14.0. The van der Waals surface area contributed by atoms with Crippen molar-refractivity contribution in [1.29, 1.82) is 0 Å². The summed E-state index contributed by atoms with van der Waals surface area (Å²) in [5.74, 6) is 0.753. The van der Waals surface area contributed by atoms with Crippen molar-refractivity contribution in [2.45, 2.75) is 51.7 Å². The number of hydrogen-bond donors (Lipinski definition) is 3. The maximum absolute atomic E-state index is 10.9. The summed E-state index contributed by atoms with van der Waals surface area (Å²) in [7, 11) is 0. The van der Waals surface area contributed by atoms with Crippen molar-refractivity contribution >= 4 is 29.9 Å². The number of halogens is 1. The summed E-state index contributed by atoms with van der Waals surface area (Å²) in [5.41, 5.74) is 1.37. The van der Waals surface area contributed by atoms with Gasteiger partial charge >= 0.3 is 0 Å². The minimum atomic E-state index is -0.836. The van der Waals surface area contributed by atoms with Crippen molar-refractivity contribution in [2.75, 3.05) is 13.1 Å². The van der Waals surface area contributed by atoms with E-state index in [9.17, 15) is 5.11 Å². The van der Waals surface area contributed by atoms with Gasteiger partial charge in [0.15, 0.2) is 5.96 Å². The van der Waals surface area contributed by atoms with Gasteiger partial charge in [0.1, 0.15) is 5.60 Å². The van der Waals surface area contributed by atoms with Gasteiger partial charge in [0, 0.05) is 12.1 Å². The fourth-order valence-corrected chi connectivity index (χ4v) is 2.70. The molecule has 4 nitrogen and oxygen atoms in total. The Kier molecular flexibility index (Phi) is 6.67. The van der Waals surface area contributed by atoms with Gasteiger partial charge in [-0.15, -0.1) is 24.0 Å². The highest BCUT2D eigenvalue weighted by Crippen LogP contribution is 2.36. The highest BCUT2D eigenvalue weighted by Gasteiger charge is 2.36. The zero-order valence-electron chi connectivity index (χ0n) is 13.9. The van der Waals surface area contributed by atoms with Crippen LogP contribution in [0.15, 0.2) is 29.3 Å². The molecule has 0 saturated heterocycles. The predicted molar refractivity (Wildman–Crippen MR) is 103 cm³/mol. The molecule has 0 saturated carbocycles. The van der Waals surface area contributed by atoms with Gasteiger partial charge in [0.05, 0.1) is 6.54 Å². The van der Waals surface area contributed by atoms with Crippen molar-refractivity contribution < 1.29 is 5.11 Å². The molecule has 0 aromatic heterocycles. The minimum absolute atomic E-state index is 0. The van der Waals surface area contributed by atoms with E-state index >= 15 is 0 Å². The van der Waals surface area contributed by atoms with Gasteiger partial charge in [-0.3, -0.25) is 0 Å². The van der Waals surface area contributed by atoms with Gasteiger partial charge in [-0.25, -0.2) is 4.99 Å². The third-order valence-corrected chi connectivity index (χ3v) is 3.66. The Morgan fingerprint density at radius 3 is 2.64 bits per heavy atom. The van der Waals surface area contributed by atoms with Gasteiger partial charge in [-0.2, -0.15) is 0 Å². The maximum Gasteiger partial charge on any atom is 0.191 e. The molecule has 0 heterocycles. The zero-order chi connectivity index (χ0) is 15.5. The number of nitrogens with one attached hydrogen (secondary N) is 2. The third-order valence-electron chi connectivity index (χ3n) is 3.66. The average Bonchev–Trinajstić information content (AvgIpc) is 2.74. The fraction of sp³-hybridized carbons (Fsp3) is 0.588. The van der Waals surface area contributed by atoms with Crippen molar-refractivity contribution in [3.63, 3.8) is 0 Å². The lowest BCUT2D eigenvalue weighted by molar-refractivity contribution is 0.0485.